The Kier molecular flexibility index (Phi) is 4.02. The fourth-order valence-electron chi connectivity index (χ4n) is 2.21. The standard InChI is InChI=1S/C14H23N3/c1-12(15-2)13-4-6-14(7-5-13)17-10-8-16(3)9-11-17/h4-7,12,15H,8-11H2,1-3H3. The normalized spacial score (nSPS) is 19.4. The van der Waals surface area contributed by atoms with E-state index in [1.54, 1.807) is 0 Å². The van der Waals surface area contributed by atoms with Crippen molar-refractivity contribution in [2.24, 2.45) is 0 Å². The van der Waals surface area contributed by atoms with Crippen LogP contribution in [0, 0.1) is 0 Å². The first-order chi connectivity index (χ1) is 8.20. The molecule has 1 unspecified atom stereocenters. The van der Waals surface area contributed by atoms with E-state index < -0.39 is 0 Å². The molecule has 1 N–H and O–H groups in total. The van der Waals surface area contributed by atoms with Crippen LogP contribution in [0.2, 0.25) is 0 Å². The number of benzene rings is 1. The minimum absolute atomic E-state index is 0.427. The number of hydrogen-bond acceptors (Lipinski definition) is 3. The third-order valence-electron chi connectivity index (χ3n) is 3.69. The second kappa shape index (κ2) is 5.52. The van der Waals surface area contributed by atoms with E-state index in [4.69, 9.17) is 0 Å². The van der Waals surface area contributed by atoms with Crippen LogP contribution in [-0.2, 0) is 0 Å². The van der Waals surface area contributed by atoms with E-state index in [1.807, 2.05) is 7.05 Å². The molecule has 0 radical (unpaired) electrons. The number of hydrogen-bond donors (Lipinski definition) is 1. The van der Waals surface area contributed by atoms with Crippen LogP contribution in [0.5, 0.6) is 0 Å². The van der Waals surface area contributed by atoms with E-state index in [9.17, 15) is 0 Å². The number of piperazine rings is 1. The van der Waals surface area contributed by atoms with Crippen LogP contribution in [0.3, 0.4) is 0 Å². The monoisotopic (exact) mass is 233 g/mol. The highest BCUT2D eigenvalue weighted by molar-refractivity contribution is 5.48. The quantitative estimate of drug-likeness (QED) is 0.857. The minimum atomic E-state index is 0.427. The number of anilines is 1. The summed E-state index contributed by atoms with van der Waals surface area (Å²) in [4.78, 5) is 4.85. The van der Waals surface area contributed by atoms with Gasteiger partial charge in [-0.3, -0.25) is 0 Å². The molecule has 0 aromatic heterocycles. The van der Waals surface area contributed by atoms with E-state index in [1.165, 1.54) is 11.3 Å². The van der Waals surface area contributed by atoms with E-state index in [-0.39, 0.29) is 0 Å². The van der Waals surface area contributed by atoms with Crippen LogP contribution < -0.4 is 10.2 Å². The third-order valence-corrected chi connectivity index (χ3v) is 3.69. The second-order valence-corrected chi connectivity index (χ2v) is 4.89. The first-order valence-corrected chi connectivity index (χ1v) is 6.41. The highest BCUT2D eigenvalue weighted by Crippen LogP contribution is 2.19. The zero-order valence-electron chi connectivity index (χ0n) is 11.1. The maximum atomic E-state index is 3.27. The SMILES string of the molecule is CNC(C)c1ccc(N2CCN(C)CC2)cc1. The van der Waals surface area contributed by atoms with E-state index in [2.05, 4.69) is 53.4 Å². The lowest BCUT2D eigenvalue weighted by atomic mass is 10.1. The highest BCUT2D eigenvalue weighted by atomic mass is 15.2. The molecule has 0 spiro atoms. The second-order valence-electron chi connectivity index (χ2n) is 4.89. The summed E-state index contributed by atoms with van der Waals surface area (Å²) in [5.74, 6) is 0. The largest absolute Gasteiger partial charge is 0.369 e. The van der Waals surface area contributed by atoms with Crippen LogP contribution in [0.25, 0.3) is 0 Å². The molecular weight excluding hydrogens is 210 g/mol. The number of nitrogens with one attached hydrogen (secondary N) is 1. The molecule has 0 saturated carbocycles. The van der Waals surface area contributed by atoms with Gasteiger partial charge >= 0.3 is 0 Å². The van der Waals surface area contributed by atoms with Crippen molar-refractivity contribution in [2.75, 3.05) is 45.2 Å². The van der Waals surface area contributed by atoms with Crippen LogP contribution in [0.4, 0.5) is 5.69 Å². The summed E-state index contributed by atoms with van der Waals surface area (Å²) in [7, 11) is 4.19. The summed E-state index contributed by atoms with van der Waals surface area (Å²) in [5, 5.41) is 3.27. The summed E-state index contributed by atoms with van der Waals surface area (Å²) in [6.07, 6.45) is 0. The van der Waals surface area contributed by atoms with Gasteiger partial charge in [-0.05, 0) is 38.7 Å². The molecule has 17 heavy (non-hydrogen) atoms. The first kappa shape index (κ1) is 12.4. The van der Waals surface area contributed by atoms with Crippen molar-refractivity contribution in [3.8, 4) is 0 Å². The lowest BCUT2D eigenvalue weighted by Crippen LogP contribution is -2.44. The molecule has 3 nitrogen and oxygen atoms in total. The maximum Gasteiger partial charge on any atom is 0.0367 e. The van der Waals surface area contributed by atoms with Gasteiger partial charge in [0.15, 0.2) is 0 Å². The highest BCUT2D eigenvalue weighted by Gasteiger charge is 2.14. The zero-order valence-corrected chi connectivity index (χ0v) is 11.1. The molecule has 1 aromatic carbocycles. The van der Waals surface area contributed by atoms with Gasteiger partial charge in [-0.1, -0.05) is 12.1 Å². The van der Waals surface area contributed by atoms with Crippen molar-refractivity contribution in [3.63, 3.8) is 0 Å². The topological polar surface area (TPSA) is 18.5 Å². The van der Waals surface area contributed by atoms with E-state index >= 15 is 0 Å². The predicted octanol–water partition coefficient (Wildman–Crippen LogP) is 1.72. The molecule has 1 heterocycles. The van der Waals surface area contributed by atoms with Gasteiger partial charge in [0.1, 0.15) is 0 Å². The Labute approximate surface area is 104 Å². The van der Waals surface area contributed by atoms with Crippen molar-refractivity contribution < 1.29 is 0 Å². The molecule has 3 heteroatoms. The molecule has 0 aliphatic carbocycles. The summed E-state index contributed by atoms with van der Waals surface area (Å²) >= 11 is 0. The first-order valence-electron chi connectivity index (χ1n) is 6.41. The van der Waals surface area contributed by atoms with Crippen molar-refractivity contribution >= 4 is 5.69 Å². The van der Waals surface area contributed by atoms with Gasteiger partial charge in [-0.2, -0.15) is 0 Å². The van der Waals surface area contributed by atoms with Crippen LogP contribution in [0.1, 0.15) is 18.5 Å². The zero-order chi connectivity index (χ0) is 12.3. The smallest absolute Gasteiger partial charge is 0.0367 e. The van der Waals surface area contributed by atoms with Crippen LogP contribution in [0.15, 0.2) is 24.3 Å². The Balaban J connectivity index is 2.02. The minimum Gasteiger partial charge on any atom is -0.369 e. The lowest BCUT2D eigenvalue weighted by Gasteiger charge is -2.34. The molecule has 2 rings (SSSR count). The number of likely N-dealkylation sites (N-methyl/N-ethyl adjacent to an activating group) is 1. The Bertz CT molecular complexity index is 339. The molecule has 1 saturated heterocycles. The van der Waals surface area contributed by atoms with Crippen molar-refractivity contribution in [1.82, 2.24) is 10.2 Å². The molecule has 0 amide bonds. The van der Waals surface area contributed by atoms with E-state index in [0.29, 0.717) is 6.04 Å². The van der Waals surface area contributed by atoms with Crippen molar-refractivity contribution in [1.29, 1.82) is 0 Å². The average molecular weight is 233 g/mol. The molecule has 1 fully saturated rings. The molecule has 94 valence electrons. The fraction of sp³-hybridized carbons (Fsp3) is 0.571. The van der Waals surface area contributed by atoms with Gasteiger partial charge in [-0.25, -0.2) is 0 Å². The Morgan fingerprint density at radius 3 is 2.18 bits per heavy atom. The van der Waals surface area contributed by atoms with Gasteiger partial charge in [0.05, 0.1) is 0 Å². The summed E-state index contributed by atoms with van der Waals surface area (Å²) < 4.78 is 0. The fourth-order valence-corrected chi connectivity index (χ4v) is 2.21. The van der Waals surface area contributed by atoms with Gasteiger partial charge in [0.25, 0.3) is 0 Å². The number of rotatable bonds is 3. The van der Waals surface area contributed by atoms with Crippen molar-refractivity contribution in [3.05, 3.63) is 29.8 Å². The van der Waals surface area contributed by atoms with Gasteiger partial charge in [-0.15, -0.1) is 0 Å². The van der Waals surface area contributed by atoms with Gasteiger partial charge in [0, 0.05) is 37.9 Å². The Morgan fingerprint density at radius 2 is 1.65 bits per heavy atom. The average Bonchev–Trinajstić information content (AvgIpc) is 2.39. The van der Waals surface area contributed by atoms with Gasteiger partial charge < -0.3 is 15.1 Å². The van der Waals surface area contributed by atoms with Crippen molar-refractivity contribution in [2.45, 2.75) is 13.0 Å². The summed E-state index contributed by atoms with van der Waals surface area (Å²) in [6, 6.07) is 9.38. The molecule has 1 aromatic rings. The van der Waals surface area contributed by atoms with Crippen LogP contribution in [-0.4, -0.2) is 45.2 Å². The number of nitrogens with zero attached hydrogens (tertiary/aromatic N) is 2. The summed E-state index contributed by atoms with van der Waals surface area (Å²) in [6.45, 7) is 6.78. The van der Waals surface area contributed by atoms with E-state index in [0.717, 1.165) is 26.2 Å². The Hall–Kier alpha value is -1.06. The van der Waals surface area contributed by atoms with Gasteiger partial charge in [0.2, 0.25) is 0 Å². The van der Waals surface area contributed by atoms with Crippen LogP contribution >= 0.6 is 0 Å². The third kappa shape index (κ3) is 2.99. The molecule has 1 aliphatic rings. The summed E-state index contributed by atoms with van der Waals surface area (Å²) in [5.41, 5.74) is 2.70. The molecular formula is C14H23N3. The lowest BCUT2D eigenvalue weighted by molar-refractivity contribution is 0.313. The maximum absolute atomic E-state index is 3.27. The Morgan fingerprint density at radius 1 is 1.06 bits per heavy atom. The molecule has 0 bridgehead atoms. The molecule has 1 atom stereocenters. The molecule has 1 aliphatic heterocycles. The predicted molar refractivity (Wildman–Crippen MR) is 73.6 cm³/mol.